The Kier molecular flexibility index (Phi) is 3.84. The summed E-state index contributed by atoms with van der Waals surface area (Å²) in [5, 5.41) is 19.0. The van der Waals surface area contributed by atoms with Crippen LogP contribution >= 0.6 is 34.8 Å². The van der Waals surface area contributed by atoms with E-state index in [1.54, 1.807) is 0 Å². The van der Waals surface area contributed by atoms with Gasteiger partial charge in [-0.1, -0.05) is 34.8 Å². The second-order valence-electron chi connectivity index (χ2n) is 2.01. The number of hydrogen-bond donors (Lipinski definition) is 1. The van der Waals surface area contributed by atoms with Gasteiger partial charge in [0.2, 0.25) is 9.83 Å². The molecule has 7 heteroatoms. The number of nitro groups is 1. The Morgan fingerprint density at radius 2 is 1.91 bits per heavy atom. The molecule has 4 nitrogen and oxygen atoms in total. The molecule has 2 atom stereocenters. The lowest BCUT2D eigenvalue weighted by Crippen LogP contribution is -2.40. The first-order valence-electron chi connectivity index (χ1n) is 2.65. The number of halogens is 3. The number of aliphatic hydroxyl groups excluding tert-OH is 1. The van der Waals surface area contributed by atoms with Gasteiger partial charge in [-0.25, -0.2) is 0 Å². The third-order valence-corrected chi connectivity index (χ3v) is 1.80. The molecule has 0 radical (unpaired) electrons. The zero-order chi connectivity index (χ0) is 9.23. The zero-order valence-electron chi connectivity index (χ0n) is 5.50. The summed E-state index contributed by atoms with van der Waals surface area (Å²) < 4.78 is -2.01. The first kappa shape index (κ1) is 11.2. The Bertz CT molecular complexity index is 157. The molecule has 0 aromatic heterocycles. The molecule has 0 fully saturated rings. The SMILES string of the molecule is CC(C(O)C(Cl)(Cl)Cl)[N+](=O)[O-]. The summed E-state index contributed by atoms with van der Waals surface area (Å²) >= 11 is 15.6. The third-order valence-electron chi connectivity index (χ3n) is 1.12. The molecular formula is C4H6Cl3NO3. The molecule has 0 aliphatic heterocycles. The van der Waals surface area contributed by atoms with Gasteiger partial charge in [-0.15, -0.1) is 0 Å². The highest BCUT2D eigenvalue weighted by Crippen LogP contribution is 2.32. The van der Waals surface area contributed by atoms with Crippen LogP contribution in [0.25, 0.3) is 0 Å². The van der Waals surface area contributed by atoms with Crippen molar-refractivity contribution in [1.82, 2.24) is 0 Å². The fourth-order valence-electron chi connectivity index (χ4n) is 0.389. The van der Waals surface area contributed by atoms with Crippen LogP contribution in [0, 0.1) is 10.1 Å². The number of rotatable bonds is 2. The maximum Gasteiger partial charge on any atom is 0.240 e. The molecule has 0 aliphatic carbocycles. The van der Waals surface area contributed by atoms with Crippen LogP contribution in [-0.4, -0.2) is 26.0 Å². The third kappa shape index (κ3) is 3.42. The van der Waals surface area contributed by atoms with Crippen LogP contribution in [0.2, 0.25) is 0 Å². The summed E-state index contributed by atoms with van der Waals surface area (Å²) in [6.07, 6.45) is -1.59. The summed E-state index contributed by atoms with van der Waals surface area (Å²) in [4.78, 5) is 9.34. The molecule has 0 saturated carbocycles. The fraction of sp³-hybridized carbons (Fsp3) is 1.00. The second kappa shape index (κ2) is 3.76. The molecule has 2 unspecified atom stereocenters. The van der Waals surface area contributed by atoms with Crippen molar-refractivity contribution >= 4 is 34.8 Å². The first-order chi connectivity index (χ1) is 4.76. The van der Waals surface area contributed by atoms with E-state index in [2.05, 4.69) is 0 Å². The zero-order valence-corrected chi connectivity index (χ0v) is 7.77. The van der Waals surface area contributed by atoms with Gasteiger partial charge < -0.3 is 5.11 Å². The monoisotopic (exact) mass is 221 g/mol. The van der Waals surface area contributed by atoms with Crippen molar-refractivity contribution in [3.8, 4) is 0 Å². The van der Waals surface area contributed by atoms with E-state index in [0.717, 1.165) is 6.92 Å². The molecule has 0 amide bonds. The number of hydrogen-bond acceptors (Lipinski definition) is 3. The topological polar surface area (TPSA) is 63.4 Å². The molecule has 0 spiro atoms. The van der Waals surface area contributed by atoms with Crippen LogP contribution in [0.1, 0.15) is 6.92 Å². The Morgan fingerprint density at radius 3 is 2.00 bits per heavy atom. The molecule has 66 valence electrons. The van der Waals surface area contributed by atoms with Gasteiger partial charge in [-0.3, -0.25) is 10.1 Å². The van der Waals surface area contributed by atoms with E-state index < -0.39 is 20.9 Å². The second-order valence-corrected chi connectivity index (χ2v) is 4.38. The van der Waals surface area contributed by atoms with E-state index in [-0.39, 0.29) is 0 Å². The summed E-state index contributed by atoms with van der Waals surface area (Å²) in [5.74, 6) is 0. The molecular weight excluding hydrogens is 216 g/mol. The van der Waals surface area contributed by atoms with Crippen molar-refractivity contribution in [2.75, 3.05) is 0 Å². The quantitative estimate of drug-likeness (QED) is 0.436. The molecule has 0 aliphatic rings. The molecule has 0 aromatic carbocycles. The smallest absolute Gasteiger partial charge is 0.240 e. The van der Waals surface area contributed by atoms with E-state index in [0.29, 0.717) is 0 Å². The summed E-state index contributed by atoms with van der Waals surface area (Å²) in [5.41, 5.74) is 0. The maximum absolute atomic E-state index is 10.1. The highest BCUT2D eigenvalue weighted by molar-refractivity contribution is 6.68. The molecule has 0 heterocycles. The fourth-order valence-corrected chi connectivity index (χ4v) is 0.936. The molecule has 0 bridgehead atoms. The predicted molar refractivity (Wildman–Crippen MR) is 42.8 cm³/mol. The minimum Gasteiger partial charge on any atom is -0.382 e. The van der Waals surface area contributed by atoms with Gasteiger partial charge in [0.1, 0.15) is 0 Å². The minimum absolute atomic E-state index is 0.716. The standard InChI is InChI=1S/C4H6Cl3NO3/c1-2(8(10)11)3(9)4(5,6)7/h2-3,9H,1H3. The number of alkyl halides is 3. The average Bonchev–Trinajstić information content (AvgIpc) is 1.82. The number of aliphatic hydroxyl groups is 1. The average molecular weight is 222 g/mol. The normalized spacial score (nSPS) is 17.5. The van der Waals surface area contributed by atoms with Gasteiger partial charge in [0, 0.05) is 11.8 Å². The molecule has 0 aromatic rings. The lowest BCUT2D eigenvalue weighted by Gasteiger charge is -2.19. The van der Waals surface area contributed by atoms with Crippen LogP contribution < -0.4 is 0 Å². The van der Waals surface area contributed by atoms with Crippen LogP contribution in [0.5, 0.6) is 0 Å². The Balaban J connectivity index is 4.25. The van der Waals surface area contributed by atoms with Crippen molar-refractivity contribution in [1.29, 1.82) is 0 Å². The van der Waals surface area contributed by atoms with Crippen LogP contribution in [0.3, 0.4) is 0 Å². The van der Waals surface area contributed by atoms with Crippen molar-refractivity contribution < 1.29 is 10.0 Å². The van der Waals surface area contributed by atoms with Gasteiger partial charge in [-0.2, -0.15) is 0 Å². The van der Waals surface area contributed by atoms with Crippen LogP contribution in [0.15, 0.2) is 0 Å². The lowest BCUT2D eigenvalue weighted by molar-refractivity contribution is -0.529. The van der Waals surface area contributed by atoms with Crippen molar-refractivity contribution in [2.24, 2.45) is 0 Å². The molecule has 11 heavy (non-hydrogen) atoms. The van der Waals surface area contributed by atoms with Gasteiger partial charge in [0.15, 0.2) is 6.10 Å². The Labute approximate surface area is 78.2 Å². The largest absolute Gasteiger partial charge is 0.382 e. The Morgan fingerprint density at radius 1 is 1.55 bits per heavy atom. The maximum atomic E-state index is 10.1. The highest BCUT2D eigenvalue weighted by Gasteiger charge is 2.40. The van der Waals surface area contributed by atoms with E-state index in [1.807, 2.05) is 0 Å². The Hall–Kier alpha value is 0.230. The van der Waals surface area contributed by atoms with Gasteiger partial charge in [0.05, 0.1) is 0 Å². The first-order valence-corrected chi connectivity index (χ1v) is 3.78. The highest BCUT2D eigenvalue weighted by atomic mass is 35.6. The molecule has 0 saturated heterocycles. The van der Waals surface area contributed by atoms with Crippen molar-refractivity contribution in [3.63, 3.8) is 0 Å². The minimum atomic E-state index is -2.01. The van der Waals surface area contributed by atoms with Gasteiger partial charge >= 0.3 is 0 Å². The summed E-state index contributed by atoms with van der Waals surface area (Å²) in [6, 6.07) is -1.29. The van der Waals surface area contributed by atoms with Crippen molar-refractivity contribution in [2.45, 2.75) is 22.9 Å². The van der Waals surface area contributed by atoms with Crippen LogP contribution in [-0.2, 0) is 0 Å². The van der Waals surface area contributed by atoms with E-state index in [1.165, 1.54) is 0 Å². The molecule has 1 N–H and O–H groups in total. The van der Waals surface area contributed by atoms with Gasteiger partial charge in [-0.05, 0) is 0 Å². The predicted octanol–water partition coefficient (Wildman–Crippen LogP) is 1.38. The summed E-state index contributed by atoms with van der Waals surface area (Å²) in [6.45, 7) is 1.16. The van der Waals surface area contributed by atoms with E-state index >= 15 is 0 Å². The van der Waals surface area contributed by atoms with Crippen molar-refractivity contribution in [3.05, 3.63) is 10.1 Å². The lowest BCUT2D eigenvalue weighted by atomic mass is 10.2. The molecule has 0 rings (SSSR count). The van der Waals surface area contributed by atoms with Crippen LogP contribution in [0.4, 0.5) is 0 Å². The van der Waals surface area contributed by atoms with Gasteiger partial charge in [0.25, 0.3) is 0 Å². The van der Waals surface area contributed by atoms with E-state index in [9.17, 15) is 10.1 Å². The van der Waals surface area contributed by atoms with E-state index in [4.69, 9.17) is 39.9 Å². The number of nitrogens with zero attached hydrogens (tertiary/aromatic N) is 1. The summed E-state index contributed by atoms with van der Waals surface area (Å²) in [7, 11) is 0.